The van der Waals surface area contributed by atoms with E-state index in [2.05, 4.69) is 22.3 Å². The third-order valence-electron chi connectivity index (χ3n) is 3.52. The molecule has 0 fully saturated rings. The van der Waals surface area contributed by atoms with Gasteiger partial charge in [0.15, 0.2) is 11.0 Å². The molecule has 5 nitrogen and oxygen atoms in total. The molecule has 0 spiro atoms. The second-order valence-corrected chi connectivity index (χ2v) is 6.08. The molecule has 1 aromatic heterocycles. The van der Waals surface area contributed by atoms with Gasteiger partial charge in [-0.15, -0.1) is 10.2 Å². The van der Waals surface area contributed by atoms with Crippen LogP contribution in [0.4, 0.5) is 0 Å². The average Bonchev–Trinajstić information content (AvgIpc) is 3.04. The van der Waals surface area contributed by atoms with Crippen molar-refractivity contribution in [3.8, 4) is 11.4 Å². The van der Waals surface area contributed by atoms with Gasteiger partial charge in [-0.05, 0) is 29.8 Å². The first-order valence-corrected chi connectivity index (χ1v) is 8.54. The minimum Gasteiger partial charge on any atom is -0.497 e. The predicted molar refractivity (Wildman–Crippen MR) is 94.6 cm³/mol. The molecule has 0 aliphatic carbocycles. The number of ether oxygens (including phenoxy) is 2. The lowest BCUT2D eigenvalue weighted by Gasteiger charge is -2.10. The Bertz CT molecular complexity index is 773. The van der Waals surface area contributed by atoms with Crippen molar-refractivity contribution in [3.05, 3.63) is 66.0 Å². The first kappa shape index (κ1) is 16.5. The quantitative estimate of drug-likeness (QED) is 0.613. The summed E-state index contributed by atoms with van der Waals surface area (Å²) in [5.41, 5.74) is 2.24. The molecule has 0 saturated heterocycles. The van der Waals surface area contributed by atoms with Gasteiger partial charge in [0, 0.05) is 18.6 Å². The zero-order valence-electron chi connectivity index (χ0n) is 13.7. The SMILES string of the molecule is COCc1nnc(SCc2ccccc2)n1-c1ccc(OC)cc1. The molecule has 1 heterocycles. The van der Waals surface area contributed by atoms with Crippen molar-refractivity contribution in [2.75, 3.05) is 14.2 Å². The highest BCUT2D eigenvalue weighted by atomic mass is 32.2. The minimum atomic E-state index is 0.408. The van der Waals surface area contributed by atoms with Gasteiger partial charge in [-0.25, -0.2) is 0 Å². The molecule has 0 aliphatic rings. The van der Waals surface area contributed by atoms with Crippen molar-refractivity contribution in [3.63, 3.8) is 0 Å². The van der Waals surface area contributed by atoms with Crippen molar-refractivity contribution in [1.29, 1.82) is 0 Å². The summed E-state index contributed by atoms with van der Waals surface area (Å²) in [4.78, 5) is 0. The Balaban J connectivity index is 1.88. The van der Waals surface area contributed by atoms with Gasteiger partial charge in [0.1, 0.15) is 12.4 Å². The van der Waals surface area contributed by atoms with E-state index in [-0.39, 0.29) is 0 Å². The summed E-state index contributed by atoms with van der Waals surface area (Å²) in [7, 11) is 3.31. The fraction of sp³-hybridized carbons (Fsp3) is 0.222. The van der Waals surface area contributed by atoms with Crippen molar-refractivity contribution < 1.29 is 9.47 Å². The van der Waals surface area contributed by atoms with Crippen LogP contribution < -0.4 is 4.74 Å². The maximum atomic E-state index is 5.25. The molecule has 3 aromatic rings. The molecule has 0 saturated carbocycles. The highest BCUT2D eigenvalue weighted by Crippen LogP contribution is 2.26. The third-order valence-corrected chi connectivity index (χ3v) is 4.52. The van der Waals surface area contributed by atoms with Gasteiger partial charge in [0.2, 0.25) is 0 Å². The maximum absolute atomic E-state index is 5.25. The smallest absolute Gasteiger partial charge is 0.196 e. The van der Waals surface area contributed by atoms with E-state index in [1.165, 1.54) is 5.56 Å². The second-order valence-electron chi connectivity index (χ2n) is 5.14. The number of nitrogens with zero attached hydrogens (tertiary/aromatic N) is 3. The van der Waals surface area contributed by atoms with E-state index in [9.17, 15) is 0 Å². The van der Waals surface area contributed by atoms with Crippen LogP contribution in [0, 0.1) is 0 Å². The molecule has 0 aliphatic heterocycles. The number of rotatable bonds is 7. The van der Waals surface area contributed by atoms with Crippen LogP contribution in [0.5, 0.6) is 5.75 Å². The summed E-state index contributed by atoms with van der Waals surface area (Å²) < 4.78 is 12.5. The normalized spacial score (nSPS) is 10.8. The standard InChI is InChI=1S/C18H19N3O2S/c1-22-12-17-19-20-18(24-13-14-6-4-3-5-7-14)21(17)15-8-10-16(23-2)11-9-15/h3-11H,12-13H2,1-2H3. The number of aromatic nitrogens is 3. The van der Waals surface area contributed by atoms with E-state index in [0.29, 0.717) is 6.61 Å². The molecule has 3 rings (SSSR count). The van der Waals surface area contributed by atoms with Crippen molar-refractivity contribution in [2.24, 2.45) is 0 Å². The largest absolute Gasteiger partial charge is 0.497 e. The van der Waals surface area contributed by atoms with Crippen LogP contribution in [0.2, 0.25) is 0 Å². The topological polar surface area (TPSA) is 49.2 Å². The first-order valence-electron chi connectivity index (χ1n) is 7.56. The molecular formula is C18H19N3O2S. The zero-order valence-corrected chi connectivity index (χ0v) is 14.5. The van der Waals surface area contributed by atoms with E-state index < -0.39 is 0 Å². The van der Waals surface area contributed by atoms with E-state index in [1.807, 2.05) is 47.0 Å². The second kappa shape index (κ2) is 7.99. The highest BCUT2D eigenvalue weighted by Gasteiger charge is 2.14. The fourth-order valence-corrected chi connectivity index (χ4v) is 3.26. The van der Waals surface area contributed by atoms with Gasteiger partial charge in [-0.1, -0.05) is 42.1 Å². The lowest BCUT2D eigenvalue weighted by molar-refractivity contribution is 0.176. The van der Waals surface area contributed by atoms with Crippen LogP contribution in [0.1, 0.15) is 11.4 Å². The number of thioether (sulfide) groups is 1. The number of benzene rings is 2. The van der Waals surface area contributed by atoms with Gasteiger partial charge in [0.05, 0.1) is 7.11 Å². The maximum Gasteiger partial charge on any atom is 0.196 e. The van der Waals surface area contributed by atoms with Gasteiger partial charge in [-0.3, -0.25) is 4.57 Å². The van der Waals surface area contributed by atoms with Crippen LogP contribution in [0.25, 0.3) is 5.69 Å². The molecular weight excluding hydrogens is 322 g/mol. The molecule has 0 unspecified atom stereocenters. The zero-order chi connectivity index (χ0) is 16.8. The van der Waals surface area contributed by atoms with Crippen LogP contribution in [-0.2, 0) is 17.1 Å². The third kappa shape index (κ3) is 3.77. The molecule has 0 amide bonds. The molecule has 0 radical (unpaired) electrons. The van der Waals surface area contributed by atoms with Crippen molar-refractivity contribution in [2.45, 2.75) is 17.5 Å². The fourth-order valence-electron chi connectivity index (χ4n) is 2.33. The lowest BCUT2D eigenvalue weighted by atomic mass is 10.2. The van der Waals surface area contributed by atoms with Crippen LogP contribution in [0.3, 0.4) is 0 Å². The van der Waals surface area contributed by atoms with Gasteiger partial charge in [-0.2, -0.15) is 0 Å². The Morgan fingerprint density at radius 1 is 0.958 bits per heavy atom. The van der Waals surface area contributed by atoms with E-state index in [0.717, 1.165) is 28.2 Å². The molecule has 0 bridgehead atoms. The Labute approximate surface area is 145 Å². The summed E-state index contributed by atoms with van der Waals surface area (Å²) >= 11 is 1.65. The Morgan fingerprint density at radius 3 is 2.38 bits per heavy atom. The van der Waals surface area contributed by atoms with E-state index >= 15 is 0 Å². The van der Waals surface area contributed by atoms with Crippen molar-refractivity contribution >= 4 is 11.8 Å². The number of hydrogen-bond acceptors (Lipinski definition) is 5. The Kier molecular flexibility index (Phi) is 5.51. The highest BCUT2D eigenvalue weighted by molar-refractivity contribution is 7.98. The van der Waals surface area contributed by atoms with Crippen LogP contribution in [-0.4, -0.2) is 29.0 Å². The predicted octanol–water partition coefficient (Wildman–Crippen LogP) is 3.71. The minimum absolute atomic E-state index is 0.408. The molecule has 24 heavy (non-hydrogen) atoms. The van der Waals surface area contributed by atoms with E-state index in [4.69, 9.17) is 9.47 Å². The van der Waals surface area contributed by atoms with Crippen molar-refractivity contribution in [1.82, 2.24) is 14.8 Å². The van der Waals surface area contributed by atoms with Crippen LogP contribution >= 0.6 is 11.8 Å². The molecule has 2 aromatic carbocycles. The number of hydrogen-bond donors (Lipinski definition) is 0. The molecule has 0 atom stereocenters. The van der Waals surface area contributed by atoms with Gasteiger partial charge < -0.3 is 9.47 Å². The van der Waals surface area contributed by atoms with Crippen LogP contribution in [0.15, 0.2) is 59.8 Å². The molecule has 0 N–H and O–H groups in total. The lowest BCUT2D eigenvalue weighted by Crippen LogP contribution is -2.04. The van der Waals surface area contributed by atoms with Gasteiger partial charge >= 0.3 is 0 Å². The summed E-state index contributed by atoms with van der Waals surface area (Å²) in [6, 6.07) is 18.2. The molecule has 6 heteroatoms. The summed E-state index contributed by atoms with van der Waals surface area (Å²) in [6.07, 6.45) is 0. The number of methoxy groups -OCH3 is 2. The average molecular weight is 341 g/mol. The Morgan fingerprint density at radius 2 is 1.71 bits per heavy atom. The first-order chi connectivity index (χ1) is 11.8. The Hall–Kier alpha value is -2.31. The molecule has 124 valence electrons. The van der Waals surface area contributed by atoms with Gasteiger partial charge in [0.25, 0.3) is 0 Å². The summed E-state index contributed by atoms with van der Waals surface area (Å²) in [5, 5.41) is 9.45. The summed E-state index contributed by atoms with van der Waals surface area (Å²) in [5.74, 6) is 2.43. The monoisotopic (exact) mass is 341 g/mol. The summed E-state index contributed by atoms with van der Waals surface area (Å²) in [6.45, 7) is 0.408. The van der Waals surface area contributed by atoms with E-state index in [1.54, 1.807) is 26.0 Å².